The lowest BCUT2D eigenvalue weighted by molar-refractivity contribution is 0.0953. The van der Waals surface area contributed by atoms with E-state index in [9.17, 15) is 9.59 Å². The molecule has 0 saturated heterocycles. The van der Waals surface area contributed by atoms with Crippen molar-refractivity contribution >= 4 is 45.9 Å². The van der Waals surface area contributed by atoms with Gasteiger partial charge < -0.3 is 4.74 Å². The average Bonchev–Trinajstić information content (AvgIpc) is 2.91. The van der Waals surface area contributed by atoms with Gasteiger partial charge in [-0.25, -0.2) is 5.84 Å². The molecule has 3 N–H and O–H groups in total. The number of hydrogen-bond acceptors (Lipinski definition) is 4. The van der Waals surface area contributed by atoms with E-state index in [-0.39, 0.29) is 16.3 Å². The molecule has 6 nitrogen and oxygen atoms in total. The third-order valence-corrected chi connectivity index (χ3v) is 4.61. The highest BCUT2D eigenvalue weighted by atomic mass is 35.5. The number of carbonyl (C=O) groups excluding carboxylic acids is 2. The second-order valence-corrected chi connectivity index (χ2v) is 6.40. The minimum atomic E-state index is -0.485. The molecule has 8 heteroatoms. The van der Waals surface area contributed by atoms with Crippen LogP contribution >= 0.6 is 23.2 Å². The van der Waals surface area contributed by atoms with E-state index in [1.807, 2.05) is 0 Å². The summed E-state index contributed by atoms with van der Waals surface area (Å²) in [5.41, 5.74) is 3.63. The van der Waals surface area contributed by atoms with Crippen molar-refractivity contribution in [3.05, 3.63) is 63.3 Å². The molecule has 0 aliphatic heterocycles. The number of para-hydroxylation sites is 1. The number of ether oxygens (including phenoxy) is 1. The van der Waals surface area contributed by atoms with E-state index in [4.69, 9.17) is 33.8 Å². The van der Waals surface area contributed by atoms with Crippen molar-refractivity contribution < 1.29 is 14.3 Å². The molecule has 1 aromatic heterocycles. The predicted molar refractivity (Wildman–Crippen MR) is 101 cm³/mol. The van der Waals surface area contributed by atoms with Crippen LogP contribution in [-0.4, -0.2) is 23.5 Å². The molecule has 0 unspecified atom stereocenters. The zero-order valence-corrected chi connectivity index (χ0v) is 15.5. The maximum absolute atomic E-state index is 13.3. The van der Waals surface area contributed by atoms with Crippen LogP contribution in [0.15, 0.2) is 36.4 Å². The SMILES string of the molecule is COc1c(Cl)cc(Cl)cc1C(=O)n1c(C)c(C(=O)NN)c2ccccc21. The van der Waals surface area contributed by atoms with Crippen molar-refractivity contribution in [1.82, 2.24) is 9.99 Å². The molecule has 0 radical (unpaired) electrons. The molecule has 0 aliphatic rings. The Bertz CT molecular complexity index is 1040. The van der Waals surface area contributed by atoms with Crippen LogP contribution in [0.2, 0.25) is 10.0 Å². The van der Waals surface area contributed by atoms with E-state index in [0.717, 1.165) is 0 Å². The normalized spacial score (nSPS) is 10.8. The number of rotatable bonds is 3. The van der Waals surface area contributed by atoms with Crippen molar-refractivity contribution in [2.75, 3.05) is 7.11 Å². The van der Waals surface area contributed by atoms with E-state index in [1.165, 1.54) is 23.8 Å². The highest BCUT2D eigenvalue weighted by Gasteiger charge is 2.26. The van der Waals surface area contributed by atoms with Gasteiger partial charge in [0.05, 0.1) is 28.8 Å². The Morgan fingerprint density at radius 1 is 1.19 bits per heavy atom. The first-order valence-corrected chi connectivity index (χ1v) is 8.35. The molecule has 134 valence electrons. The summed E-state index contributed by atoms with van der Waals surface area (Å²) < 4.78 is 6.70. The number of aromatic nitrogens is 1. The van der Waals surface area contributed by atoms with E-state index in [0.29, 0.717) is 27.2 Å². The first-order chi connectivity index (χ1) is 12.4. The zero-order chi connectivity index (χ0) is 19.0. The topological polar surface area (TPSA) is 86.3 Å². The number of nitrogens with two attached hydrogens (primary N) is 1. The van der Waals surface area contributed by atoms with Crippen LogP contribution in [0.3, 0.4) is 0 Å². The molecule has 3 aromatic rings. The third-order valence-electron chi connectivity index (χ3n) is 4.12. The Morgan fingerprint density at radius 2 is 1.88 bits per heavy atom. The van der Waals surface area contributed by atoms with Gasteiger partial charge in [0.15, 0.2) is 0 Å². The number of methoxy groups -OCH3 is 1. The number of halogens is 2. The van der Waals surface area contributed by atoms with Gasteiger partial charge in [-0.05, 0) is 25.1 Å². The average molecular weight is 392 g/mol. The number of fused-ring (bicyclic) bond motifs is 1. The molecule has 0 bridgehead atoms. The van der Waals surface area contributed by atoms with Crippen LogP contribution in [0.25, 0.3) is 10.9 Å². The van der Waals surface area contributed by atoms with Gasteiger partial charge in [-0.3, -0.25) is 19.6 Å². The Hall–Kier alpha value is -2.54. The molecule has 26 heavy (non-hydrogen) atoms. The molecule has 1 heterocycles. The number of hydrogen-bond donors (Lipinski definition) is 2. The van der Waals surface area contributed by atoms with Gasteiger partial charge in [-0.2, -0.15) is 0 Å². The summed E-state index contributed by atoms with van der Waals surface area (Å²) in [6.45, 7) is 1.67. The maximum Gasteiger partial charge on any atom is 0.267 e. The van der Waals surface area contributed by atoms with Crippen molar-refractivity contribution in [2.45, 2.75) is 6.92 Å². The van der Waals surface area contributed by atoms with Crippen molar-refractivity contribution in [1.29, 1.82) is 0 Å². The van der Waals surface area contributed by atoms with Crippen LogP contribution in [-0.2, 0) is 0 Å². The highest BCUT2D eigenvalue weighted by molar-refractivity contribution is 6.36. The van der Waals surface area contributed by atoms with Crippen molar-refractivity contribution in [3.8, 4) is 5.75 Å². The second-order valence-electron chi connectivity index (χ2n) is 5.56. The largest absolute Gasteiger partial charge is 0.494 e. The molecular weight excluding hydrogens is 377 g/mol. The molecule has 2 aromatic carbocycles. The monoisotopic (exact) mass is 391 g/mol. The Labute approximate surface area is 159 Å². The summed E-state index contributed by atoms with van der Waals surface area (Å²) in [4.78, 5) is 25.5. The fraction of sp³-hybridized carbons (Fsp3) is 0.111. The summed E-state index contributed by atoms with van der Waals surface area (Å²) in [6, 6.07) is 10.0. The molecule has 0 fully saturated rings. The fourth-order valence-electron chi connectivity index (χ4n) is 3.04. The second kappa shape index (κ2) is 6.99. The summed E-state index contributed by atoms with van der Waals surface area (Å²) in [6.07, 6.45) is 0. The molecular formula is C18H15Cl2N3O3. The smallest absolute Gasteiger partial charge is 0.267 e. The zero-order valence-electron chi connectivity index (χ0n) is 14.0. The highest BCUT2D eigenvalue weighted by Crippen LogP contribution is 2.34. The van der Waals surface area contributed by atoms with E-state index in [2.05, 4.69) is 5.43 Å². The number of nitrogens with zero attached hydrogens (tertiary/aromatic N) is 1. The molecule has 1 amide bonds. The molecule has 3 rings (SSSR count). The Morgan fingerprint density at radius 3 is 2.54 bits per heavy atom. The van der Waals surface area contributed by atoms with E-state index >= 15 is 0 Å². The van der Waals surface area contributed by atoms with Gasteiger partial charge >= 0.3 is 0 Å². The number of nitrogen functional groups attached to an aromatic ring is 1. The summed E-state index contributed by atoms with van der Waals surface area (Å²) >= 11 is 12.2. The van der Waals surface area contributed by atoms with Crippen molar-refractivity contribution in [2.24, 2.45) is 5.84 Å². The summed E-state index contributed by atoms with van der Waals surface area (Å²) in [5.74, 6) is 4.60. The first-order valence-electron chi connectivity index (χ1n) is 7.59. The summed E-state index contributed by atoms with van der Waals surface area (Å²) in [5, 5.41) is 1.12. The van der Waals surface area contributed by atoms with Crippen LogP contribution in [0, 0.1) is 6.92 Å². The Balaban J connectivity index is 2.32. The number of nitrogens with one attached hydrogen (secondary N) is 1. The van der Waals surface area contributed by atoms with Crippen molar-refractivity contribution in [3.63, 3.8) is 0 Å². The number of hydrazine groups is 1. The third kappa shape index (κ3) is 2.82. The molecule has 0 spiro atoms. The van der Waals surface area contributed by atoms with Gasteiger partial charge in [-0.1, -0.05) is 41.4 Å². The lowest BCUT2D eigenvalue weighted by atomic mass is 10.1. The maximum atomic E-state index is 13.3. The van der Waals surface area contributed by atoms with Crippen LogP contribution in [0.5, 0.6) is 5.75 Å². The minimum absolute atomic E-state index is 0.188. The first kappa shape index (κ1) is 18.3. The predicted octanol–water partition coefficient (Wildman–Crippen LogP) is 3.56. The van der Waals surface area contributed by atoms with Gasteiger partial charge in [0.25, 0.3) is 11.8 Å². The van der Waals surface area contributed by atoms with E-state index < -0.39 is 11.8 Å². The number of benzene rings is 2. The fourth-order valence-corrected chi connectivity index (χ4v) is 3.61. The number of amides is 1. The van der Waals surface area contributed by atoms with Gasteiger partial charge in [-0.15, -0.1) is 0 Å². The van der Waals surface area contributed by atoms with E-state index in [1.54, 1.807) is 31.2 Å². The quantitative estimate of drug-likeness (QED) is 0.406. The summed E-state index contributed by atoms with van der Waals surface area (Å²) in [7, 11) is 1.42. The van der Waals surface area contributed by atoms with Gasteiger partial charge in [0, 0.05) is 16.1 Å². The standard InChI is InChI=1S/C18H15Cl2N3O3/c1-9-15(17(24)22-21)11-5-3-4-6-14(11)23(9)18(25)12-7-10(19)8-13(20)16(12)26-2/h3-8H,21H2,1-2H3,(H,22,24). The minimum Gasteiger partial charge on any atom is -0.494 e. The van der Waals surface area contributed by atoms with Gasteiger partial charge in [0.1, 0.15) is 5.75 Å². The van der Waals surface area contributed by atoms with Gasteiger partial charge in [0.2, 0.25) is 0 Å². The lowest BCUT2D eigenvalue weighted by Gasteiger charge is -2.13. The Kier molecular flexibility index (Phi) is 4.91. The molecule has 0 atom stereocenters. The lowest BCUT2D eigenvalue weighted by Crippen LogP contribution is -2.30. The number of carbonyl (C=O) groups is 2. The molecule has 0 saturated carbocycles. The molecule has 0 aliphatic carbocycles. The van der Waals surface area contributed by atoms with Crippen LogP contribution in [0.1, 0.15) is 26.4 Å². The van der Waals surface area contributed by atoms with Crippen LogP contribution < -0.4 is 16.0 Å². The van der Waals surface area contributed by atoms with Crippen LogP contribution in [0.4, 0.5) is 0 Å².